The summed E-state index contributed by atoms with van der Waals surface area (Å²) in [6, 6.07) is 2.41. The van der Waals surface area contributed by atoms with Crippen molar-refractivity contribution in [1.29, 1.82) is 5.26 Å². The van der Waals surface area contributed by atoms with Crippen molar-refractivity contribution >= 4 is 0 Å². The van der Waals surface area contributed by atoms with Crippen LogP contribution in [0, 0.1) is 16.7 Å². The predicted octanol–water partition coefficient (Wildman–Crippen LogP) is 5.07. The van der Waals surface area contributed by atoms with Crippen molar-refractivity contribution in [3.8, 4) is 6.07 Å². The van der Waals surface area contributed by atoms with E-state index in [2.05, 4.69) is 26.8 Å². The fraction of sp³-hybridized carbons (Fsp3) is 0.929. The second-order valence-electron chi connectivity index (χ2n) is 4.79. The smallest absolute Gasteiger partial charge is 0.0627 e. The molecule has 0 aromatic heterocycles. The van der Waals surface area contributed by atoms with Crippen LogP contribution in [0.25, 0.3) is 0 Å². The largest absolute Gasteiger partial charge is 0.198 e. The Hall–Kier alpha value is -0.510. The second kappa shape index (κ2) is 8.77. The monoisotopic (exact) mass is 209 g/mol. The molecule has 0 saturated carbocycles. The summed E-state index contributed by atoms with van der Waals surface area (Å²) in [5.74, 6) is 0. The molecule has 0 rings (SSSR count). The van der Waals surface area contributed by atoms with Gasteiger partial charge in [0.25, 0.3) is 0 Å². The maximum absolute atomic E-state index is 8.98. The third kappa shape index (κ3) is 5.82. The highest BCUT2D eigenvalue weighted by Gasteiger charge is 2.27. The lowest BCUT2D eigenvalue weighted by molar-refractivity contribution is 0.209. The van der Waals surface area contributed by atoms with Gasteiger partial charge in [-0.3, -0.25) is 0 Å². The van der Waals surface area contributed by atoms with E-state index in [1.54, 1.807) is 0 Å². The number of unbranched alkanes of at least 4 members (excludes halogenated alkanes) is 2. The van der Waals surface area contributed by atoms with Gasteiger partial charge in [-0.05, 0) is 24.7 Å². The normalized spacial score (nSPS) is 11.3. The molecule has 88 valence electrons. The van der Waals surface area contributed by atoms with Crippen LogP contribution in [0.3, 0.4) is 0 Å². The molecule has 0 radical (unpaired) electrons. The molecule has 0 saturated heterocycles. The van der Waals surface area contributed by atoms with Gasteiger partial charge < -0.3 is 0 Å². The molecule has 0 aromatic rings. The van der Waals surface area contributed by atoms with E-state index in [-0.39, 0.29) is 0 Å². The molecule has 0 aliphatic carbocycles. The minimum Gasteiger partial charge on any atom is -0.198 e. The average Bonchev–Trinajstić information content (AvgIpc) is 2.24. The Kier molecular flexibility index (Phi) is 8.47. The molecular weight excluding hydrogens is 182 g/mol. The van der Waals surface area contributed by atoms with Gasteiger partial charge in [-0.2, -0.15) is 5.26 Å². The predicted molar refractivity (Wildman–Crippen MR) is 66.6 cm³/mol. The van der Waals surface area contributed by atoms with Crippen molar-refractivity contribution in [2.24, 2.45) is 5.41 Å². The Bertz CT molecular complexity index is 170. The van der Waals surface area contributed by atoms with E-state index in [1.165, 1.54) is 51.4 Å². The fourth-order valence-electron chi connectivity index (χ4n) is 2.44. The van der Waals surface area contributed by atoms with Crippen LogP contribution in [-0.2, 0) is 0 Å². The molecule has 0 amide bonds. The third-order valence-corrected chi connectivity index (χ3v) is 3.36. The van der Waals surface area contributed by atoms with Gasteiger partial charge in [-0.25, -0.2) is 0 Å². The molecule has 0 atom stereocenters. The van der Waals surface area contributed by atoms with Crippen molar-refractivity contribution in [2.45, 2.75) is 78.6 Å². The highest BCUT2D eigenvalue weighted by molar-refractivity contribution is 4.88. The van der Waals surface area contributed by atoms with Crippen molar-refractivity contribution < 1.29 is 0 Å². The molecular formula is C14H27N. The Morgan fingerprint density at radius 2 is 1.40 bits per heavy atom. The van der Waals surface area contributed by atoms with E-state index in [4.69, 9.17) is 5.26 Å². The lowest BCUT2D eigenvalue weighted by atomic mass is 9.73. The molecule has 0 spiro atoms. The first-order valence-electron chi connectivity index (χ1n) is 6.61. The minimum absolute atomic E-state index is 0.343. The first-order chi connectivity index (χ1) is 7.24. The van der Waals surface area contributed by atoms with Crippen LogP contribution in [-0.4, -0.2) is 0 Å². The van der Waals surface area contributed by atoms with Crippen molar-refractivity contribution in [1.82, 2.24) is 0 Å². The Morgan fingerprint density at radius 1 is 0.867 bits per heavy atom. The van der Waals surface area contributed by atoms with E-state index >= 15 is 0 Å². The van der Waals surface area contributed by atoms with Gasteiger partial charge in [0, 0.05) is 6.42 Å². The summed E-state index contributed by atoms with van der Waals surface area (Å²) in [6.07, 6.45) is 10.8. The first-order valence-corrected chi connectivity index (χ1v) is 6.61. The van der Waals surface area contributed by atoms with Crippen LogP contribution in [0.5, 0.6) is 0 Å². The number of rotatable bonds is 9. The molecule has 0 fully saturated rings. The maximum atomic E-state index is 8.98. The maximum Gasteiger partial charge on any atom is 0.0627 e. The quantitative estimate of drug-likeness (QED) is 0.520. The van der Waals surface area contributed by atoms with Crippen LogP contribution in [0.2, 0.25) is 0 Å². The van der Waals surface area contributed by atoms with E-state index in [0.717, 1.165) is 6.42 Å². The van der Waals surface area contributed by atoms with Gasteiger partial charge in [0.1, 0.15) is 0 Å². The number of nitrogens with zero attached hydrogens (tertiary/aromatic N) is 1. The van der Waals surface area contributed by atoms with Gasteiger partial charge in [0.2, 0.25) is 0 Å². The van der Waals surface area contributed by atoms with Crippen LogP contribution >= 0.6 is 0 Å². The highest BCUT2D eigenvalue weighted by atomic mass is 14.3. The topological polar surface area (TPSA) is 23.8 Å². The third-order valence-electron chi connectivity index (χ3n) is 3.36. The number of hydrogen-bond donors (Lipinski definition) is 0. The van der Waals surface area contributed by atoms with Crippen molar-refractivity contribution in [3.63, 3.8) is 0 Å². The fourth-order valence-corrected chi connectivity index (χ4v) is 2.44. The summed E-state index contributed by atoms with van der Waals surface area (Å²) >= 11 is 0. The molecule has 0 N–H and O–H groups in total. The lowest BCUT2D eigenvalue weighted by Crippen LogP contribution is -2.20. The van der Waals surface area contributed by atoms with Crippen LogP contribution in [0.1, 0.15) is 78.6 Å². The van der Waals surface area contributed by atoms with Crippen LogP contribution in [0.15, 0.2) is 0 Å². The van der Waals surface area contributed by atoms with E-state index < -0.39 is 0 Å². The van der Waals surface area contributed by atoms with Crippen LogP contribution in [0.4, 0.5) is 0 Å². The van der Waals surface area contributed by atoms with E-state index in [0.29, 0.717) is 5.41 Å². The van der Waals surface area contributed by atoms with Crippen LogP contribution < -0.4 is 0 Å². The standard InChI is InChI=1S/C14H27N/c1-4-7-10-14(9-6-3,12-13-15)11-8-5-2/h4-12H2,1-3H3. The Balaban J connectivity index is 4.34. The molecule has 0 aliphatic heterocycles. The summed E-state index contributed by atoms with van der Waals surface area (Å²) in [4.78, 5) is 0. The SMILES string of the molecule is CCCCC(CC#N)(CCC)CCCC. The molecule has 0 aliphatic rings. The number of nitriles is 1. The van der Waals surface area contributed by atoms with E-state index in [9.17, 15) is 0 Å². The van der Waals surface area contributed by atoms with Gasteiger partial charge >= 0.3 is 0 Å². The molecule has 1 nitrogen and oxygen atoms in total. The molecule has 0 unspecified atom stereocenters. The average molecular weight is 209 g/mol. The summed E-state index contributed by atoms with van der Waals surface area (Å²) in [6.45, 7) is 6.72. The molecule has 0 aromatic carbocycles. The minimum atomic E-state index is 0.343. The van der Waals surface area contributed by atoms with Gasteiger partial charge in [0.05, 0.1) is 6.07 Å². The van der Waals surface area contributed by atoms with E-state index in [1.807, 2.05) is 0 Å². The summed E-state index contributed by atoms with van der Waals surface area (Å²) in [7, 11) is 0. The van der Waals surface area contributed by atoms with Gasteiger partial charge in [-0.15, -0.1) is 0 Å². The Morgan fingerprint density at radius 3 is 1.73 bits per heavy atom. The summed E-state index contributed by atoms with van der Waals surface area (Å²) in [5.41, 5.74) is 0.343. The zero-order valence-corrected chi connectivity index (χ0v) is 10.8. The highest BCUT2D eigenvalue weighted by Crippen LogP contribution is 2.39. The lowest BCUT2D eigenvalue weighted by Gasteiger charge is -2.31. The summed E-state index contributed by atoms with van der Waals surface area (Å²) < 4.78 is 0. The van der Waals surface area contributed by atoms with Crippen molar-refractivity contribution in [3.05, 3.63) is 0 Å². The molecule has 15 heavy (non-hydrogen) atoms. The van der Waals surface area contributed by atoms with Gasteiger partial charge in [-0.1, -0.05) is 52.9 Å². The zero-order chi connectivity index (χ0) is 11.6. The van der Waals surface area contributed by atoms with Gasteiger partial charge in [0.15, 0.2) is 0 Å². The van der Waals surface area contributed by atoms with Crippen molar-refractivity contribution in [2.75, 3.05) is 0 Å². The molecule has 0 heterocycles. The molecule has 1 heteroatoms. The summed E-state index contributed by atoms with van der Waals surface area (Å²) in [5, 5.41) is 8.98. The Labute approximate surface area is 95.9 Å². The second-order valence-corrected chi connectivity index (χ2v) is 4.79. The number of hydrogen-bond acceptors (Lipinski definition) is 1. The zero-order valence-electron chi connectivity index (χ0n) is 10.8. The first kappa shape index (κ1) is 14.5. The molecule has 0 bridgehead atoms.